The summed E-state index contributed by atoms with van der Waals surface area (Å²) in [5.74, 6) is 0.526. The van der Waals surface area contributed by atoms with E-state index in [1.165, 1.54) is 0 Å². The third-order valence-corrected chi connectivity index (χ3v) is 7.07. The first-order valence-corrected chi connectivity index (χ1v) is 12.4. The Morgan fingerprint density at radius 2 is 1.54 bits per heavy atom. The Kier molecular flexibility index (Phi) is 6.53. The SMILES string of the molecule is Cc1nc2c(c(=O)n1C(c1ccccc1)c1ccccc1)CCN(C(=O)c1ccccc1SN)C2. The van der Waals surface area contributed by atoms with Gasteiger partial charge in [-0.05, 0) is 48.6 Å². The minimum Gasteiger partial charge on any atom is -0.332 e. The fourth-order valence-corrected chi connectivity index (χ4v) is 5.22. The molecule has 0 unspecified atom stereocenters. The monoisotopic (exact) mass is 482 g/mol. The lowest BCUT2D eigenvalue weighted by atomic mass is 9.97. The molecule has 0 radical (unpaired) electrons. The highest BCUT2D eigenvalue weighted by molar-refractivity contribution is 7.97. The van der Waals surface area contributed by atoms with Gasteiger partial charge in [-0.3, -0.25) is 19.3 Å². The summed E-state index contributed by atoms with van der Waals surface area (Å²) in [4.78, 5) is 34.5. The van der Waals surface area contributed by atoms with Crippen molar-refractivity contribution < 1.29 is 4.79 Å². The first kappa shape index (κ1) is 23.1. The van der Waals surface area contributed by atoms with Gasteiger partial charge < -0.3 is 4.90 Å². The number of hydrogen-bond acceptors (Lipinski definition) is 5. The minimum atomic E-state index is -0.282. The lowest BCUT2D eigenvalue weighted by Crippen LogP contribution is -2.42. The van der Waals surface area contributed by atoms with E-state index < -0.39 is 0 Å². The number of benzene rings is 3. The van der Waals surface area contributed by atoms with Crippen LogP contribution in [-0.4, -0.2) is 26.9 Å². The number of amides is 1. The second-order valence-corrected chi connectivity index (χ2v) is 9.25. The Hall–Kier alpha value is -3.68. The van der Waals surface area contributed by atoms with Crippen LogP contribution in [0.25, 0.3) is 0 Å². The van der Waals surface area contributed by atoms with Crippen molar-refractivity contribution in [3.63, 3.8) is 0 Å². The Morgan fingerprint density at radius 3 is 2.17 bits per heavy atom. The molecule has 1 aliphatic rings. The lowest BCUT2D eigenvalue weighted by Gasteiger charge is -2.30. The highest BCUT2D eigenvalue weighted by Crippen LogP contribution is 2.28. The summed E-state index contributed by atoms with van der Waals surface area (Å²) in [5.41, 5.74) is 3.92. The maximum absolute atomic E-state index is 13.9. The number of nitrogens with zero attached hydrogens (tertiary/aromatic N) is 3. The molecule has 5 rings (SSSR count). The van der Waals surface area contributed by atoms with Crippen molar-refractivity contribution in [3.8, 4) is 0 Å². The third kappa shape index (κ3) is 4.40. The molecule has 0 saturated heterocycles. The van der Waals surface area contributed by atoms with E-state index >= 15 is 0 Å². The Balaban J connectivity index is 1.55. The Bertz CT molecular complexity index is 1380. The molecule has 1 amide bonds. The van der Waals surface area contributed by atoms with E-state index in [4.69, 9.17) is 10.1 Å². The van der Waals surface area contributed by atoms with E-state index in [1.807, 2.05) is 85.8 Å². The van der Waals surface area contributed by atoms with Crippen LogP contribution in [0.2, 0.25) is 0 Å². The lowest BCUT2D eigenvalue weighted by molar-refractivity contribution is 0.0727. The van der Waals surface area contributed by atoms with Gasteiger partial charge in [-0.2, -0.15) is 0 Å². The summed E-state index contributed by atoms with van der Waals surface area (Å²) in [6.45, 7) is 2.62. The summed E-state index contributed by atoms with van der Waals surface area (Å²) in [5, 5.41) is 5.76. The van der Waals surface area contributed by atoms with Gasteiger partial charge in [0, 0.05) is 17.0 Å². The Morgan fingerprint density at radius 1 is 0.943 bits per heavy atom. The van der Waals surface area contributed by atoms with E-state index in [0.717, 1.165) is 28.0 Å². The van der Waals surface area contributed by atoms with Gasteiger partial charge in [-0.1, -0.05) is 72.8 Å². The number of fused-ring (bicyclic) bond motifs is 1. The maximum Gasteiger partial charge on any atom is 0.257 e. The number of carbonyl (C=O) groups is 1. The second kappa shape index (κ2) is 9.90. The van der Waals surface area contributed by atoms with Crippen LogP contribution in [0.4, 0.5) is 0 Å². The van der Waals surface area contributed by atoms with E-state index in [-0.39, 0.29) is 17.5 Å². The van der Waals surface area contributed by atoms with Crippen molar-refractivity contribution in [3.05, 3.63) is 129 Å². The molecule has 0 aliphatic carbocycles. The van der Waals surface area contributed by atoms with Crippen LogP contribution in [-0.2, 0) is 13.0 Å². The average molecular weight is 483 g/mol. The molecule has 0 spiro atoms. The molecule has 2 N–H and O–H groups in total. The van der Waals surface area contributed by atoms with Gasteiger partial charge in [-0.25, -0.2) is 4.98 Å². The standard InChI is InChI=1S/C28H26N4O2S/c1-19-30-24-18-31(27(33)23-14-8-9-15-25(23)35-29)17-16-22(24)28(34)32(19)26(20-10-4-2-5-11-20)21-12-6-3-7-13-21/h2-15,26H,16-18,29H2,1H3. The molecule has 1 aliphatic heterocycles. The molecule has 2 heterocycles. The molecular formula is C28H26N4O2S. The van der Waals surface area contributed by atoms with E-state index in [0.29, 0.717) is 42.2 Å². The zero-order valence-electron chi connectivity index (χ0n) is 19.4. The molecule has 35 heavy (non-hydrogen) atoms. The molecule has 6 nitrogen and oxygen atoms in total. The summed E-state index contributed by atoms with van der Waals surface area (Å²) < 4.78 is 1.79. The Labute approximate surface area is 208 Å². The molecule has 0 saturated carbocycles. The average Bonchev–Trinajstić information content (AvgIpc) is 2.91. The predicted molar refractivity (Wildman–Crippen MR) is 138 cm³/mol. The van der Waals surface area contributed by atoms with Crippen molar-refractivity contribution >= 4 is 17.9 Å². The van der Waals surface area contributed by atoms with Crippen LogP contribution in [0.15, 0.2) is 94.6 Å². The van der Waals surface area contributed by atoms with Crippen LogP contribution in [0, 0.1) is 6.92 Å². The molecular weight excluding hydrogens is 456 g/mol. The first-order chi connectivity index (χ1) is 17.1. The molecule has 0 fully saturated rings. The van der Waals surface area contributed by atoms with Crippen molar-refractivity contribution in [1.82, 2.24) is 14.5 Å². The normalized spacial score (nSPS) is 13.1. The summed E-state index contributed by atoms with van der Waals surface area (Å²) >= 11 is 1.06. The van der Waals surface area contributed by atoms with Crippen LogP contribution in [0.1, 0.15) is 44.6 Å². The number of nitrogens with two attached hydrogens (primary N) is 1. The van der Waals surface area contributed by atoms with Crippen LogP contribution in [0.5, 0.6) is 0 Å². The van der Waals surface area contributed by atoms with Crippen LogP contribution < -0.4 is 10.7 Å². The van der Waals surface area contributed by atoms with Crippen molar-refractivity contribution in [2.75, 3.05) is 6.54 Å². The highest BCUT2D eigenvalue weighted by atomic mass is 32.2. The van der Waals surface area contributed by atoms with Gasteiger partial charge >= 0.3 is 0 Å². The topological polar surface area (TPSA) is 81.2 Å². The second-order valence-electron chi connectivity index (χ2n) is 8.57. The number of rotatable bonds is 5. The molecule has 0 bridgehead atoms. The molecule has 1 aromatic heterocycles. The van der Waals surface area contributed by atoms with Crippen molar-refractivity contribution in [2.45, 2.75) is 30.8 Å². The predicted octanol–water partition coefficient (Wildman–Crippen LogP) is 4.35. The van der Waals surface area contributed by atoms with Gasteiger partial charge in [0.1, 0.15) is 5.82 Å². The number of aryl methyl sites for hydroxylation is 1. The van der Waals surface area contributed by atoms with Crippen molar-refractivity contribution in [2.24, 2.45) is 5.14 Å². The zero-order valence-corrected chi connectivity index (χ0v) is 20.2. The minimum absolute atomic E-state index is 0.0461. The number of aromatic nitrogens is 2. The quantitative estimate of drug-likeness (QED) is 0.428. The van der Waals surface area contributed by atoms with Gasteiger partial charge in [0.15, 0.2) is 0 Å². The highest BCUT2D eigenvalue weighted by Gasteiger charge is 2.29. The van der Waals surface area contributed by atoms with E-state index in [1.54, 1.807) is 15.5 Å². The molecule has 3 aromatic carbocycles. The zero-order chi connectivity index (χ0) is 24.4. The smallest absolute Gasteiger partial charge is 0.257 e. The first-order valence-electron chi connectivity index (χ1n) is 11.5. The third-order valence-electron chi connectivity index (χ3n) is 6.46. The van der Waals surface area contributed by atoms with E-state index in [2.05, 4.69) is 0 Å². The number of carbonyl (C=O) groups excluding carboxylic acids is 1. The van der Waals surface area contributed by atoms with Gasteiger partial charge in [0.2, 0.25) is 0 Å². The van der Waals surface area contributed by atoms with E-state index in [9.17, 15) is 9.59 Å². The summed E-state index contributed by atoms with van der Waals surface area (Å²) in [6.07, 6.45) is 0.460. The van der Waals surface area contributed by atoms with Gasteiger partial charge in [0.25, 0.3) is 11.5 Å². The molecule has 4 aromatic rings. The van der Waals surface area contributed by atoms with Gasteiger partial charge in [0.05, 0.1) is 23.8 Å². The molecule has 0 atom stereocenters. The molecule has 7 heteroatoms. The van der Waals surface area contributed by atoms with Crippen molar-refractivity contribution in [1.29, 1.82) is 0 Å². The summed E-state index contributed by atoms with van der Waals surface area (Å²) in [7, 11) is 0. The largest absolute Gasteiger partial charge is 0.332 e. The molecule has 176 valence electrons. The fraction of sp³-hybridized carbons (Fsp3) is 0.179. The van der Waals surface area contributed by atoms with Gasteiger partial charge in [-0.15, -0.1) is 0 Å². The van der Waals surface area contributed by atoms with Crippen LogP contribution in [0.3, 0.4) is 0 Å². The number of hydrogen-bond donors (Lipinski definition) is 1. The summed E-state index contributed by atoms with van der Waals surface area (Å²) in [6, 6.07) is 27.1. The van der Waals surface area contributed by atoms with Crippen LogP contribution >= 0.6 is 11.9 Å². The maximum atomic E-state index is 13.9. The fourth-order valence-electron chi connectivity index (χ4n) is 4.78.